The van der Waals surface area contributed by atoms with Gasteiger partial charge in [0, 0.05) is 18.8 Å². The average molecular weight is 237 g/mol. The summed E-state index contributed by atoms with van der Waals surface area (Å²) in [5, 5.41) is 0. The molecule has 4 nitrogen and oxygen atoms in total. The summed E-state index contributed by atoms with van der Waals surface area (Å²) in [6.07, 6.45) is 2.24. The molecule has 0 saturated heterocycles. The van der Waals surface area contributed by atoms with Crippen LogP contribution in [0.5, 0.6) is 0 Å². The summed E-state index contributed by atoms with van der Waals surface area (Å²) in [6, 6.07) is 4.00. The van der Waals surface area contributed by atoms with Crippen molar-refractivity contribution < 1.29 is 14.0 Å². The fourth-order valence-corrected chi connectivity index (χ4v) is 1.89. The molecule has 1 aromatic heterocycles. The number of carbonyl (C=O) groups excluding carboxylic acids is 1. The quantitative estimate of drug-likeness (QED) is 0.773. The van der Waals surface area contributed by atoms with Crippen LogP contribution in [0.1, 0.15) is 44.1 Å². The van der Waals surface area contributed by atoms with E-state index in [9.17, 15) is 4.79 Å². The van der Waals surface area contributed by atoms with Gasteiger partial charge in [0.15, 0.2) is 0 Å². The van der Waals surface area contributed by atoms with Crippen LogP contribution in [0.4, 0.5) is 0 Å². The number of aryl methyl sites for hydroxylation is 1. The highest BCUT2D eigenvalue weighted by Crippen LogP contribution is 2.47. The van der Waals surface area contributed by atoms with Gasteiger partial charge in [0.05, 0.1) is 6.61 Å². The van der Waals surface area contributed by atoms with Gasteiger partial charge in [0.2, 0.25) is 5.91 Å². The van der Waals surface area contributed by atoms with Crippen molar-refractivity contribution in [2.75, 3.05) is 6.61 Å². The molecule has 1 aliphatic carbocycles. The van der Waals surface area contributed by atoms with E-state index in [1.165, 1.54) is 6.42 Å². The second kappa shape index (κ2) is 5.36. The first-order valence-corrected chi connectivity index (χ1v) is 6.20. The molecule has 0 unspecified atom stereocenters. The Kier molecular flexibility index (Phi) is 3.84. The smallest absolute Gasteiger partial charge is 0.243 e. The zero-order valence-electron chi connectivity index (χ0n) is 10.4. The molecular weight excluding hydrogens is 218 g/mol. The van der Waals surface area contributed by atoms with Gasteiger partial charge >= 0.3 is 0 Å². The summed E-state index contributed by atoms with van der Waals surface area (Å²) in [7, 11) is 0. The monoisotopic (exact) mass is 237 g/mol. The van der Waals surface area contributed by atoms with Crippen molar-refractivity contribution >= 4 is 5.91 Å². The van der Waals surface area contributed by atoms with Crippen molar-refractivity contribution in [1.82, 2.24) is 5.48 Å². The van der Waals surface area contributed by atoms with E-state index < -0.39 is 0 Å². The summed E-state index contributed by atoms with van der Waals surface area (Å²) in [5.41, 5.74) is 2.37. The fourth-order valence-electron chi connectivity index (χ4n) is 1.89. The summed E-state index contributed by atoms with van der Waals surface area (Å²) >= 11 is 0. The molecule has 0 aromatic carbocycles. The zero-order chi connectivity index (χ0) is 12.3. The van der Waals surface area contributed by atoms with Gasteiger partial charge in [-0.2, -0.15) is 0 Å². The zero-order valence-corrected chi connectivity index (χ0v) is 10.4. The van der Waals surface area contributed by atoms with E-state index >= 15 is 0 Å². The van der Waals surface area contributed by atoms with Crippen molar-refractivity contribution in [2.24, 2.45) is 5.92 Å². The molecule has 17 heavy (non-hydrogen) atoms. The van der Waals surface area contributed by atoms with Crippen LogP contribution in [0.25, 0.3) is 0 Å². The lowest BCUT2D eigenvalue weighted by molar-refractivity contribution is -0.133. The fraction of sp³-hybridized carbons (Fsp3) is 0.615. The first-order valence-electron chi connectivity index (χ1n) is 6.20. The molecule has 4 heteroatoms. The van der Waals surface area contributed by atoms with Crippen molar-refractivity contribution in [3.05, 3.63) is 23.7 Å². The van der Waals surface area contributed by atoms with E-state index in [4.69, 9.17) is 9.25 Å². The summed E-state index contributed by atoms with van der Waals surface area (Å²) in [6.45, 7) is 4.54. The van der Waals surface area contributed by atoms with Crippen LogP contribution in [-0.4, -0.2) is 12.5 Å². The maximum absolute atomic E-state index is 11.3. The van der Waals surface area contributed by atoms with Gasteiger partial charge in [0.25, 0.3) is 0 Å². The van der Waals surface area contributed by atoms with E-state index in [0.717, 1.165) is 17.4 Å². The Morgan fingerprint density at radius 1 is 1.59 bits per heavy atom. The lowest BCUT2D eigenvalue weighted by atomic mass is 10.2. The van der Waals surface area contributed by atoms with E-state index in [2.05, 4.69) is 12.4 Å². The molecule has 1 saturated carbocycles. The second-order valence-corrected chi connectivity index (χ2v) is 4.58. The Morgan fingerprint density at radius 3 is 3.00 bits per heavy atom. The van der Waals surface area contributed by atoms with Crippen LogP contribution >= 0.6 is 0 Å². The first kappa shape index (κ1) is 12.2. The largest absolute Gasteiger partial charge is 0.466 e. The number of amides is 1. The predicted octanol–water partition coefficient (Wildman–Crippen LogP) is 2.40. The molecule has 94 valence electrons. The highest BCUT2D eigenvalue weighted by molar-refractivity contribution is 5.74. The van der Waals surface area contributed by atoms with Crippen LogP contribution in [-0.2, 0) is 16.1 Å². The third-order valence-corrected chi connectivity index (χ3v) is 3.09. The highest BCUT2D eigenvalue weighted by Gasteiger charge is 2.36. The number of hydrogen-bond donors (Lipinski definition) is 1. The molecule has 0 radical (unpaired) electrons. The van der Waals surface area contributed by atoms with Crippen molar-refractivity contribution in [1.29, 1.82) is 0 Å². The Labute approximate surface area is 101 Å². The van der Waals surface area contributed by atoms with Gasteiger partial charge in [-0.3, -0.25) is 9.63 Å². The summed E-state index contributed by atoms with van der Waals surface area (Å²) in [5.74, 6) is 3.18. The van der Waals surface area contributed by atoms with Gasteiger partial charge in [-0.05, 0) is 31.4 Å². The third kappa shape index (κ3) is 3.33. The summed E-state index contributed by atoms with van der Waals surface area (Å²) < 4.78 is 5.71. The van der Waals surface area contributed by atoms with Crippen molar-refractivity contribution in [3.8, 4) is 0 Å². The molecule has 0 spiro atoms. The van der Waals surface area contributed by atoms with E-state index in [1.54, 1.807) is 0 Å². The Bertz CT molecular complexity index is 386. The maximum atomic E-state index is 11.3. The Balaban J connectivity index is 1.75. The molecule has 1 fully saturated rings. The highest BCUT2D eigenvalue weighted by atomic mass is 16.6. The normalized spacial score (nSPS) is 22.5. The standard InChI is InChI=1S/C13H19NO3/c1-3-16-14-13(15)7-5-10-4-6-12(17-10)11-8-9(11)2/h4,6,9,11H,3,5,7-8H2,1-2H3,(H,14,15)/t9-,11-/m1/s1. The molecule has 1 aromatic rings. The molecule has 0 aliphatic heterocycles. The molecule has 1 amide bonds. The van der Waals surface area contributed by atoms with Crippen LogP contribution < -0.4 is 5.48 Å². The van der Waals surface area contributed by atoms with Crippen molar-refractivity contribution in [2.45, 2.75) is 39.0 Å². The maximum Gasteiger partial charge on any atom is 0.243 e. The number of hydroxylamine groups is 1. The van der Waals surface area contributed by atoms with Crippen molar-refractivity contribution in [3.63, 3.8) is 0 Å². The minimum absolute atomic E-state index is 0.107. The van der Waals surface area contributed by atoms with Crippen LogP contribution in [0.15, 0.2) is 16.5 Å². The number of hydrogen-bond acceptors (Lipinski definition) is 3. The Hall–Kier alpha value is -1.29. The molecule has 2 rings (SSSR count). The third-order valence-electron chi connectivity index (χ3n) is 3.09. The SMILES string of the molecule is CCONC(=O)CCc1ccc([C@@H]2C[C@H]2C)o1. The molecule has 1 aliphatic rings. The molecule has 1 N–H and O–H groups in total. The lowest BCUT2D eigenvalue weighted by Crippen LogP contribution is -2.23. The van der Waals surface area contributed by atoms with Crippen LogP contribution in [0.3, 0.4) is 0 Å². The van der Waals surface area contributed by atoms with Gasteiger partial charge < -0.3 is 4.42 Å². The minimum Gasteiger partial charge on any atom is -0.466 e. The number of rotatable bonds is 6. The van der Waals surface area contributed by atoms with Crippen LogP contribution in [0.2, 0.25) is 0 Å². The minimum atomic E-state index is -0.107. The molecular formula is C13H19NO3. The second-order valence-electron chi connectivity index (χ2n) is 4.58. The van der Waals surface area contributed by atoms with Gasteiger partial charge in [-0.25, -0.2) is 5.48 Å². The Morgan fingerprint density at radius 2 is 2.35 bits per heavy atom. The molecule has 2 atom stereocenters. The average Bonchev–Trinajstić information content (AvgIpc) is 2.88. The number of furan rings is 1. The predicted molar refractivity (Wildman–Crippen MR) is 63.3 cm³/mol. The van der Waals surface area contributed by atoms with E-state index in [0.29, 0.717) is 25.4 Å². The van der Waals surface area contributed by atoms with Gasteiger partial charge in [-0.15, -0.1) is 0 Å². The van der Waals surface area contributed by atoms with Gasteiger partial charge in [-0.1, -0.05) is 6.92 Å². The molecule has 0 bridgehead atoms. The van der Waals surface area contributed by atoms with E-state index in [-0.39, 0.29) is 5.91 Å². The lowest BCUT2D eigenvalue weighted by Gasteiger charge is -2.02. The number of carbonyl (C=O) groups is 1. The van der Waals surface area contributed by atoms with E-state index in [1.807, 2.05) is 19.1 Å². The van der Waals surface area contributed by atoms with Gasteiger partial charge in [0.1, 0.15) is 11.5 Å². The number of nitrogens with one attached hydrogen (secondary N) is 1. The van der Waals surface area contributed by atoms with Crippen LogP contribution in [0, 0.1) is 5.92 Å². The first-order chi connectivity index (χ1) is 8.20. The summed E-state index contributed by atoms with van der Waals surface area (Å²) in [4.78, 5) is 16.1. The topological polar surface area (TPSA) is 51.5 Å². The molecule has 1 heterocycles.